The van der Waals surface area contributed by atoms with Gasteiger partial charge in [-0.3, -0.25) is 0 Å². The molecular weight excluding hydrogens is 773 g/mol. The summed E-state index contributed by atoms with van der Waals surface area (Å²) in [5.74, 6) is 0. The Balaban J connectivity index is 1.29. The first-order valence-corrected chi connectivity index (χ1v) is 24.1. The number of hydrogen-bond acceptors (Lipinski definition) is 1. The van der Waals surface area contributed by atoms with Crippen molar-refractivity contribution in [2.24, 2.45) is 0 Å². The molecule has 264 valence electrons. The molecule has 0 heterocycles. The molecule has 0 saturated heterocycles. The van der Waals surface area contributed by atoms with Crippen molar-refractivity contribution in [3.8, 4) is 0 Å². The van der Waals surface area contributed by atoms with Gasteiger partial charge in [-0.1, -0.05) is 0 Å². The van der Waals surface area contributed by atoms with E-state index in [1.54, 1.807) is 313 Å². The van der Waals surface area contributed by atoms with Crippen LogP contribution in [0.25, 0.3) is 291 Å². The molecule has 1 saturated carbocycles. The fraction of sp³-hybridized carbons (Fsp3) is 0.0794. The van der Waals surface area contributed by atoms with Gasteiger partial charge in [0, 0.05) is 7.11 Å². The van der Waals surface area contributed by atoms with E-state index in [-0.39, 0.29) is 10.8 Å². The average molecular weight is 779 g/mol. The van der Waals surface area contributed by atoms with Crippen molar-refractivity contribution in [2.45, 2.75) is 23.4 Å². The Bertz CT molecular complexity index is 6420. The first kappa shape index (κ1) is 22.7. The third kappa shape index (κ3) is 1.05. The summed E-state index contributed by atoms with van der Waals surface area (Å²) in [5, 5.41) is 89.7. The first-order chi connectivity index (χ1) is 31.8. The maximum Gasteiger partial charge on any atom is 0.0951 e. The molecule has 0 N–H and O–H groups in total. The van der Waals surface area contributed by atoms with E-state index in [9.17, 15) is 0 Å². The van der Waals surface area contributed by atoms with Crippen LogP contribution in [-0.4, -0.2) is 12.7 Å². The summed E-state index contributed by atoms with van der Waals surface area (Å²) in [6.07, 6.45) is 0. The highest BCUT2D eigenvalue weighted by molar-refractivity contribution is 6.82. The van der Waals surface area contributed by atoms with Crippen molar-refractivity contribution in [3.05, 3.63) is 22.3 Å². The molecular formula is C63H6O. The van der Waals surface area contributed by atoms with Crippen LogP contribution in [0.4, 0.5) is 0 Å². The van der Waals surface area contributed by atoms with Gasteiger partial charge in [-0.25, -0.2) is 0 Å². The van der Waals surface area contributed by atoms with Crippen molar-refractivity contribution < 1.29 is 4.74 Å². The normalized spacial score (nSPS) is 25.6. The van der Waals surface area contributed by atoms with Gasteiger partial charge in [-0.2, -0.15) is 0 Å². The van der Waals surface area contributed by atoms with Gasteiger partial charge >= 0.3 is 0 Å². The van der Waals surface area contributed by atoms with Gasteiger partial charge in [-0.05, 0) is 320 Å². The van der Waals surface area contributed by atoms with Gasteiger partial charge in [0.05, 0.1) is 16.4 Å². The van der Waals surface area contributed by atoms with Gasteiger partial charge in [-0.15, -0.1) is 0 Å². The molecule has 28 aromatic rings. The van der Waals surface area contributed by atoms with Crippen LogP contribution in [0.5, 0.6) is 0 Å². The number of methoxy groups -OCH3 is 1. The van der Waals surface area contributed by atoms with Crippen LogP contribution in [0, 0.1) is 0 Å². The predicted octanol–water partition coefficient (Wildman–Crippen LogP) is 16.7. The number of hydrogen-bond donors (Lipinski definition) is 0. The molecule has 0 aromatic heterocycles. The molecule has 1 heteroatoms. The number of ether oxygens (including phenoxy) is 1. The molecule has 0 aliphatic heterocycles. The van der Waals surface area contributed by atoms with E-state index in [0.717, 1.165) is 0 Å². The number of rotatable bonds is 1. The highest BCUT2D eigenvalue weighted by atomic mass is 16.5. The van der Waals surface area contributed by atoms with Crippen molar-refractivity contribution in [3.63, 3.8) is 0 Å². The monoisotopic (exact) mass is 778 g/mol. The highest BCUT2D eigenvalue weighted by Gasteiger charge is 2.94. The van der Waals surface area contributed by atoms with Gasteiger partial charge in [0.1, 0.15) is 0 Å². The lowest BCUT2D eigenvalue weighted by atomic mass is 9.68. The Morgan fingerprint density at radius 3 is 0.359 bits per heavy atom. The fourth-order valence-electron chi connectivity index (χ4n) is 25.2. The van der Waals surface area contributed by atoms with Gasteiger partial charge in [0.15, 0.2) is 0 Å². The molecule has 0 bridgehead atoms. The molecule has 5 aliphatic carbocycles. The van der Waals surface area contributed by atoms with Crippen LogP contribution in [0.1, 0.15) is 29.2 Å². The van der Waals surface area contributed by atoms with E-state index in [2.05, 4.69) is 14.0 Å². The Hall–Kier alpha value is -7.58. The second-order valence-electron chi connectivity index (χ2n) is 24.5. The lowest BCUT2D eigenvalue weighted by molar-refractivity contribution is 0.0702. The van der Waals surface area contributed by atoms with E-state index in [1.165, 1.54) is 0 Å². The summed E-state index contributed by atoms with van der Waals surface area (Å²) in [4.78, 5) is 0. The summed E-state index contributed by atoms with van der Waals surface area (Å²) in [5.41, 5.74) is 5.92. The predicted molar refractivity (Wildman–Crippen MR) is 269 cm³/mol. The minimum absolute atomic E-state index is 0.264. The number of benzene rings is 18. The second-order valence-corrected chi connectivity index (χ2v) is 24.5. The molecule has 0 unspecified atom stereocenters. The maximum atomic E-state index is 7.58. The Kier molecular flexibility index (Phi) is 1.69. The van der Waals surface area contributed by atoms with Crippen LogP contribution in [0.15, 0.2) is 0 Å². The van der Waals surface area contributed by atoms with Crippen LogP contribution >= 0.6 is 0 Å². The molecule has 5 aliphatic rings. The third-order valence-electron chi connectivity index (χ3n) is 25.1. The zero-order valence-electron chi connectivity index (χ0n) is 32.9. The summed E-state index contributed by atoms with van der Waals surface area (Å²) in [7, 11) is 2.13. The summed E-state index contributed by atoms with van der Waals surface area (Å²) >= 11 is 0. The fourth-order valence-corrected chi connectivity index (χ4v) is 25.2. The van der Waals surface area contributed by atoms with E-state index < -0.39 is 5.60 Å². The highest BCUT2D eigenvalue weighted by Crippen LogP contribution is 2.94. The van der Waals surface area contributed by atoms with Gasteiger partial charge < -0.3 is 4.74 Å². The zero-order valence-corrected chi connectivity index (χ0v) is 32.9. The van der Waals surface area contributed by atoms with Crippen LogP contribution in [0.2, 0.25) is 0 Å². The molecule has 1 nitrogen and oxygen atoms in total. The Morgan fingerprint density at radius 1 is 0.172 bits per heavy atom. The lowest BCUT2D eigenvalue weighted by Gasteiger charge is -2.31. The quantitative estimate of drug-likeness (QED) is 0.151. The molecule has 33 rings (SSSR count). The van der Waals surface area contributed by atoms with Gasteiger partial charge in [0.25, 0.3) is 0 Å². The Labute approximate surface area is 346 Å². The second kappa shape index (κ2) is 4.77. The lowest BCUT2D eigenvalue weighted by Crippen LogP contribution is -2.27. The molecule has 2 spiro atoms. The zero-order chi connectivity index (χ0) is 37.7. The summed E-state index contributed by atoms with van der Waals surface area (Å²) < 4.78 is 7.58. The van der Waals surface area contributed by atoms with Crippen molar-refractivity contribution >= 4 is 291 Å². The third-order valence-corrected chi connectivity index (χ3v) is 25.1. The minimum atomic E-state index is -0.413. The van der Waals surface area contributed by atoms with Crippen molar-refractivity contribution in [1.29, 1.82) is 0 Å². The molecule has 0 amide bonds. The molecule has 28 aromatic carbocycles. The van der Waals surface area contributed by atoms with E-state index in [0.29, 0.717) is 0 Å². The first-order valence-electron chi connectivity index (χ1n) is 24.1. The molecule has 0 atom stereocenters. The Morgan fingerprint density at radius 2 is 0.266 bits per heavy atom. The average Bonchev–Trinajstić information content (AvgIpc) is 4.14. The van der Waals surface area contributed by atoms with Crippen LogP contribution in [0.3, 0.4) is 0 Å². The van der Waals surface area contributed by atoms with Crippen molar-refractivity contribution in [1.82, 2.24) is 0 Å². The summed E-state index contributed by atoms with van der Waals surface area (Å²) in [6, 6.07) is 0. The standard InChI is InChI=1S/C63H6O/c1-61(64-2)62-57-49-41-31-21-13-5-3-4-7-11-9(5)17-25-19(11)29-23-15(7)16-8(4)12-10-6(3)14(13)22-28-18(10)26-20(12)30-24(16)34-33(23)43-37(29)47-39(25)45(35(41)27(17)21)53(57)55(47)59-51(43)52-44(34)38(30)48-40(26)46-36(28)42(32(22)31)50(49)58(62)54(46)56(48)60(52)63(59,61)62/h1-2H3. The smallest absolute Gasteiger partial charge is 0.0951 e. The minimum Gasteiger partial charge on any atom is -0.376 e. The van der Waals surface area contributed by atoms with Crippen LogP contribution < -0.4 is 0 Å². The molecule has 64 heavy (non-hydrogen) atoms. The van der Waals surface area contributed by atoms with E-state index >= 15 is 0 Å². The SMILES string of the molecule is COC1(C)C23c4c5c6c7c8c9c(c%10c%11c2c2c4c4c%12c5c5c6c6c8c8c%13c9c9c%10c%10c%11c%11c2c2c4c4c%12c%12c5c5c6c8c6c8c%13c9c9c%10c%10c%11c2c2c4c4c%12c5c6c5c8c9c%10c2c45)C713. The molecule has 1 fully saturated rings. The van der Waals surface area contributed by atoms with Crippen molar-refractivity contribution in [2.75, 3.05) is 7.11 Å². The largest absolute Gasteiger partial charge is 0.376 e. The van der Waals surface area contributed by atoms with E-state index in [1.807, 2.05) is 0 Å². The van der Waals surface area contributed by atoms with E-state index in [4.69, 9.17) is 4.74 Å². The summed E-state index contributed by atoms with van der Waals surface area (Å²) in [6.45, 7) is 2.64. The topological polar surface area (TPSA) is 9.23 Å². The van der Waals surface area contributed by atoms with Crippen LogP contribution in [-0.2, 0) is 15.6 Å². The maximum absolute atomic E-state index is 7.58. The van der Waals surface area contributed by atoms with Gasteiger partial charge in [0.2, 0.25) is 0 Å². The molecule has 0 radical (unpaired) electrons.